The van der Waals surface area contributed by atoms with Gasteiger partial charge in [-0.3, -0.25) is 4.98 Å². The zero-order valence-corrected chi connectivity index (χ0v) is 14.0. The molecule has 1 aromatic carbocycles. The van der Waals surface area contributed by atoms with Gasteiger partial charge in [0.25, 0.3) is 0 Å². The Morgan fingerprint density at radius 3 is 2.62 bits per heavy atom. The second kappa shape index (κ2) is 8.42. The van der Waals surface area contributed by atoms with Crippen LogP contribution in [0.2, 0.25) is 5.02 Å². The first-order valence-corrected chi connectivity index (χ1v) is 8.55. The van der Waals surface area contributed by atoms with Gasteiger partial charge in [-0.1, -0.05) is 49.3 Å². The third-order valence-corrected chi connectivity index (χ3v) is 4.72. The van der Waals surface area contributed by atoms with E-state index in [0.29, 0.717) is 6.04 Å². The number of hydrogen-bond donors (Lipinski definition) is 1. The van der Waals surface area contributed by atoms with Crippen molar-refractivity contribution in [3.05, 3.63) is 53.3 Å². The van der Waals surface area contributed by atoms with Crippen molar-refractivity contribution in [2.75, 3.05) is 6.54 Å². The predicted molar refractivity (Wildman–Crippen MR) is 91.1 cm³/mol. The fraction of sp³-hybridized carbons (Fsp3) is 0.353. The van der Waals surface area contributed by atoms with Gasteiger partial charge in [0.1, 0.15) is 0 Å². The van der Waals surface area contributed by atoms with Crippen molar-refractivity contribution < 1.29 is 0 Å². The van der Waals surface area contributed by atoms with Crippen LogP contribution >= 0.6 is 23.4 Å². The summed E-state index contributed by atoms with van der Waals surface area (Å²) in [6.45, 7) is 5.38. The Balaban J connectivity index is 2.06. The van der Waals surface area contributed by atoms with Crippen molar-refractivity contribution in [3.63, 3.8) is 0 Å². The molecule has 0 radical (unpaired) electrons. The standard InChI is InChI=1S/C17H21ClN2S/c1-3-11-19-15(4-2)16-10-9-13(12-20-16)21-17-8-6-5-7-14(17)18/h5-10,12,15,19H,3-4,11H2,1-2H3. The Morgan fingerprint density at radius 2 is 2.00 bits per heavy atom. The van der Waals surface area contributed by atoms with Crippen LogP contribution in [0.1, 0.15) is 38.4 Å². The summed E-state index contributed by atoms with van der Waals surface area (Å²) >= 11 is 7.83. The molecular formula is C17H21ClN2S. The molecule has 0 bridgehead atoms. The van der Waals surface area contributed by atoms with Crippen molar-refractivity contribution in [3.8, 4) is 0 Å². The van der Waals surface area contributed by atoms with E-state index in [1.165, 1.54) is 0 Å². The molecule has 2 rings (SSSR count). The van der Waals surface area contributed by atoms with E-state index in [2.05, 4.69) is 36.3 Å². The van der Waals surface area contributed by atoms with Gasteiger partial charge in [0, 0.05) is 22.0 Å². The maximum atomic E-state index is 6.18. The Hall–Kier alpha value is -1.03. The van der Waals surface area contributed by atoms with Crippen molar-refractivity contribution in [2.45, 2.75) is 42.5 Å². The van der Waals surface area contributed by atoms with Crippen LogP contribution in [0.5, 0.6) is 0 Å². The maximum absolute atomic E-state index is 6.18. The molecule has 21 heavy (non-hydrogen) atoms. The Labute approximate surface area is 136 Å². The van der Waals surface area contributed by atoms with Gasteiger partial charge in [-0.2, -0.15) is 0 Å². The summed E-state index contributed by atoms with van der Waals surface area (Å²) in [6.07, 6.45) is 4.11. The number of pyridine rings is 1. The average molecular weight is 321 g/mol. The van der Waals surface area contributed by atoms with E-state index >= 15 is 0 Å². The van der Waals surface area contributed by atoms with E-state index in [9.17, 15) is 0 Å². The lowest BCUT2D eigenvalue weighted by Gasteiger charge is -2.16. The molecule has 4 heteroatoms. The van der Waals surface area contributed by atoms with E-state index in [4.69, 9.17) is 11.6 Å². The SMILES string of the molecule is CCCNC(CC)c1ccc(Sc2ccccc2Cl)cn1. The summed E-state index contributed by atoms with van der Waals surface area (Å²) in [5, 5.41) is 4.30. The number of nitrogens with one attached hydrogen (secondary N) is 1. The van der Waals surface area contributed by atoms with Crippen LogP contribution in [0.4, 0.5) is 0 Å². The first kappa shape index (κ1) is 16.3. The lowest BCUT2D eigenvalue weighted by molar-refractivity contribution is 0.507. The van der Waals surface area contributed by atoms with Gasteiger partial charge in [0.2, 0.25) is 0 Å². The van der Waals surface area contributed by atoms with Gasteiger partial charge in [0.05, 0.1) is 10.7 Å². The monoisotopic (exact) mass is 320 g/mol. The zero-order chi connectivity index (χ0) is 15.1. The third kappa shape index (κ3) is 4.73. The summed E-state index contributed by atoms with van der Waals surface area (Å²) in [5.41, 5.74) is 1.11. The molecular weight excluding hydrogens is 300 g/mol. The maximum Gasteiger partial charge on any atom is 0.0573 e. The largest absolute Gasteiger partial charge is 0.309 e. The molecule has 0 fully saturated rings. The number of aromatic nitrogens is 1. The molecule has 2 nitrogen and oxygen atoms in total. The van der Waals surface area contributed by atoms with Crippen LogP contribution in [0.25, 0.3) is 0 Å². The molecule has 0 aliphatic carbocycles. The smallest absolute Gasteiger partial charge is 0.0573 e. The highest BCUT2D eigenvalue weighted by Gasteiger charge is 2.10. The molecule has 0 amide bonds. The van der Waals surface area contributed by atoms with E-state index < -0.39 is 0 Å². The van der Waals surface area contributed by atoms with Crippen LogP contribution in [0.3, 0.4) is 0 Å². The van der Waals surface area contributed by atoms with Crippen molar-refractivity contribution in [1.82, 2.24) is 10.3 Å². The van der Waals surface area contributed by atoms with Gasteiger partial charge in [-0.15, -0.1) is 0 Å². The van der Waals surface area contributed by atoms with Crippen LogP contribution in [-0.2, 0) is 0 Å². The van der Waals surface area contributed by atoms with Crippen molar-refractivity contribution >= 4 is 23.4 Å². The molecule has 2 aromatic rings. The van der Waals surface area contributed by atoms with E-state index in [1.54, 1.807) is 11.8 Å². The molecule has 1 heterocycles. The number of rotatable bonds is 7. The number of nitrogens with zero attached hydrogens (tertiary/aromatic N) is 1. The second-order valence-electron chi connectivity index (χ2n) is 4.87. The Kier molecular flexibility index (Phi) is 6.55. The minimum atomic E-state index is 0.337. The van der Waals surface area contributed by atoms with Crippen LogP contribution in [0, 0.1) is 0 Å². The van der Waals surface area contributed by atoms with E-state index in [0.717, 1.165) is 39.9 Å². The highest BCUT2D eigenvalue weighted by Crippen LogP contribution is 2.32. The quantitative estimate of drug-likeness (QED) is 0.745. The summed E-state index contributed by atoms with van der Waals surface area (Å²) in [4.78, 5) is 6.77. The zero-order valence-electron chi connectivity index (χ0n) is 12.5. The van der Waals surface area contributed by atoms with Crippen molar-refractivity contribution in [2.24, 2.45) is 0 Å². The van der Waals surface area contributed by atoms with Gasteiger partial charge >= 0.3 is 0 Å². The lowest BCUT2D eigenvalue weighted by Crippen LogP contribution is -2.22. The van der Waals surface area contributed by atoms with Gasteiger partial charge in [-0.05, 0) is 43.7 Å². The van der Waals surface area contributed by atoms with Gasteiger partial charge < -0.3 is 5.32 Å². The average Bonchev–Trinajstić information content (AvgIpc) is 2.52. The van der Waals surface area contributed by atoms with Crippen LogP contribution < -0.4 is 5.32 Å². The molecule has 1 aromatic heterocycles. The fourth-order valence-electron chi connectivity index (χ4n) is 2.09. The topological polar surface area (TPSA) is 24.9 Å². The Morgan fingerprint density at radius 1 is 1.19 bits per heavy atom. The Bertz CT molecular complexity index is 557. The normalized spacial score (nSPS) is 12.3. The molecule has 1 atom stereocenters. The molecule has 0 saturated heterocycles. The predicted octanol–water partition coefficient (Wildman–Crippen LogP) is 5.34. The summed E-state index contributed by atoms with van der Waals surface area (Å²) in [6, 6.07) is 12.4. The molecule has 112 valence electrons. The summed E-state index contributed by atoms with van der Waals surface area (Å²) < 4.78 is 0. The summed E-state index contributed by atoms with van der Waals surface area (Å²) in [7, 11) is 0. The van der Waals surface area contributed by atoms with Gasteiger partial charge in [0.15, 0.2) is 0 Å². The fourth-order valence-corrected chi connectivity index (χ4v) is 3.15. The van der Waals surface area contributed by atoms with Gasteiger partial charge in [-0.25, -0.2) is 0 Å². The number of benzene rings is 1. The van der Waals surface area contributed by atoms with Crippen LogP contribution in [0.15, 0.2) is 52.4 Å². The third-order valence-electron chi connectivity index (χ3n) is 3.23. The second-order valence-corrected chi connectivity index (χ2v) is 6.39. The highest BCUT2D eigenvalue weighted by atomic mass is 35.5. The minimum absolute atomic E-state index is 0.337. The van der Waals surface area contributed by atoms with Crippen LogP contribution in [-0.4, -0.2) is 11.5 Å². The number of hydrogen-bond acceptors (Lipinski definition) is 3. The lowest BCUT2D eigenvalue weighted by atomic mass is 10.1. The van der Waals surface area contributed by atoms with E-state index in [1.807, 2.05) is 30.5 Å². The highest BCUT2D eigenvalue weighted by molar-refractivity contribution is 7.99. The first-order chi connectivity index (χ1) is 10.2. The molecule has 0 aliphatic rings. The number of halogens is 1. The molecule has 1 unspecified atom stereocenters. The molecule has 0 spiro atoms. The van der Waals surface area contributed by atoms with E-state index in [-0.39, 0.29) is 0 Å². The molecule has 0 aliphatic heterocycles. The first-order valence-electron chi connectivity index (χ1n) is 7.36. The van der Waals surface area contributed by atoms with Crippen molar-refractivity contribution in [1.29, 1.82) is 0 Å². The molecule has 0 saturated carbocycles. The molecule has 1 N–H and O–H groups in total. The summed E-state index contributed by atoms with van der Waals surface area (Å²) in [5.74, 6) is 0. The minimum Gasteiger partial charge on any atom is -0.309 e.